The first-order chi connectivity index (χ1) is 17.1. The molecular formula is C32H44O3S. The molecule has 0 aliphatic heterocycles. The molecule has 4 saturated carbocycles. The summed E-state index contributed by atoms with van der Waals surface area (Å²) < 4.78 is 0. The molecule has 0 spiro atoms. The third-order valence-corrected chi connectivity index (χ3v) is 11.4. The van der Waals surface area contributed by atoms with Crippen LogP contribution in [-0.2, 0) is 5.41 Å². The second-order valence-corrected chi connectivity index (χ2v) is 13.4. The van der Waals surface area contributed by atoms with Crippen LogP contribution in [0.1, 0.15) is 82.1 Å². The Kier molecular flexibility index (Phi) is 7.28. The topological polar surface area (TPSA) is 60.7 Å². The van der Waals surface area contributed by atoms with Gasteiger partial charge in [0.25, 0.3) is 0 Å². The van der Waals surface area contributed by atoms with Crippen molar-refractivity contribution in [1.82, 2.24) is 0 Å². The van der Waals surface area contributed by atoms with Gasteiger partial charge in [-0.15, -0.1) is 11.3 Å². The molecule has 4 aliphatic rings. The highest BCUT2D eigenvalue weighted by Crippen LogP contribution is 2.60. The average Bonchev–Trinajstić information content (AvgIpc) is 3.41. The Bertz CT molecular complexity index is 1070. The minimum absolute atomic E-state index is 0.0458. The van der Waals surface area contributed by atoms with Crippen molar-refractivity contribution in [2.75, 3.05) is 0 Å². The maximum absolute atomic E-state index is 11.1. The normalized spacial score (nSPS) is 38.0. The summed E-state index contributed by atoms with van der Waals surface area (Å²) in [5, 5.41) is 33.7. The molecule has 0 aromatic carbocycles. The zero-order chi connectivity index (χ0) is 25.7. The summed E-state index contributed by atoms with van der Waals surface area (Å²) in [6, 6.07) is 2.26. The van der Waals surface area contributed by atoms with Crippen molar-refractivity contribution in [3.05, 3.63) is 69.5 Å². The number of hydrogen-bond acceptors (Lipinski definition) is 4. The predicted octanol–water partition coefficient (Wildman–Crippen LogP) is 6.78. The van der Waals surface area contributed by atoms with Crippen LogP contribution < -0.4 is 0 Å². The zero-order valence-corrected chi connectivity index (χ0v) is 23.1. The van der Waals surface area contributed by atoms with E-state index in [4.69, 9.17) is 0 Å². The molecule has 4 aliphatic carbocycles. The molecule has 3 N–H and O–H groups in total. The Hall–Kier alpha value is -1.46. The maximum Gasteiger partial charge on any atom is 0.0825 e. The van der Waals surface area contributed by atoms with E-state index in [1.807, 2.05) is 0 Å². The fourth-order valence-corrected chi connectivity index (χ4v) is 8.92. The summed E-state index contributed by atoms with van der Waals surface area (Å²) in [6.07, 6.45) is 16.6. The summed E-state index contributed by atoms with van der Waals surface area (Å²) >= 11 is 1.80. The van der Waals surface area contributed by atoms with Gasteiger partial charge in [-0.3, -0.25) is 0 Å². The molecule has 3 nitrogen and oxygen atoms in total. The van der Waals surface area contributed by atoms with Crippen LogP contribution in [0.3, 0.4) is 0 Å². The zero-order valence-electron chi connectivity index (χ0n) is 22.2. The van der Waals surface area contributed by atoms with E-state index in [2.05, 4.69) is 63.1 Å². The quantitative estimate of drug-likeness (QED) is 0.371. The fraction of sp³-hybridized carbons (Fsp3) is 0.625. The Balaban J connectivity index is 1.29. The molecule has 1 heterocycles. The molecular weight excluding hydrogens is 464 g/mol. The van der Waals surface area contributed by atoms with Crippen LogP contribution in [0.4, 0.5) is 0 Å². The highest BCUT2D eigenvalue weighted by atomic mass is 32.1. The lowest BCUT2D eigenvalue weighted by Gasteiger charge is -2.44. The van der Waals surface area contributed by atoms with Gasteiger partial charge in [0.05, 0.1) is 18.3 Å². The largest absolute Gasteiger partial charge is 0.393 e. The van der Waals surface area contributed by atoms with Gasteiger partial charge in [0.1, 0.15) is 0 Å². The highest BCUT2D eigenvalue weighted by Gasteiger charge is 2.52. The van der Waals surface area contributed by atoms with Gasteiger partial charge in [-0.1, -0.05) is 50.3 Å². The van der Waals surface area contributed by atoms with Gasteiger partial charge in [0.2, 0.25) is 0 Å². The third kappa shape index (κ3) is 4.75. The van der Waals surface area contributed by atoms with E-state index in [0.717, 1.165) is 30.4 Å². The highest BCUT2D eigenvalue weighted by molar-refractivity contribution is 7.10. The summed E-state index contributed by atoms with van der Waals surface area (Å²) in [6.45, 7) is 11.1. The van der Waals surface area contributed by atoms with Crippen LogP contribution >= 0.6 is 11.3 Å². The van der Waals surface area contributed by atoms with E-state index >= 15 is 0 Å². The van der Waals surface area contributed by atoms with Gasteiger partial charge >= 0.3 is 0 Å². The van der Waals surface area contributed by atoms with Crippen LogP contribution in [0, 0.1) is 30.1 Å². The standard InChI is InChI=1S/C32H44O3S/c1-20-16-30(36-19-20)32(14-15-32)29(35)12-7-21(2)26-10-11-27-23(6-5-13-31(26,27)4)8-9-24-17-25(33)18-28(34)22(24)3/h7-9,12,16,19,21,25-29,33-35H,3,5-6,10-11,13-15,17-18H2,1-2,4H3/b12-7+,23-8+,24-9-/t21-,25-,26-,27+,28+,29-,31-/m1/s1. The van der Waals surface area contributed by atoms with E-state index in [1.165, 1.54) is 41.7 Å². The first-order valence-corrected chi connectivity index (χ1v) is 14.9. The van der Waals surface area contributed by atoms with Gasteiger partial charge in [0, 0.05) is 16.7 Å². The van der Waals surface area contributed by atoms with E-state index in [9.17, 15) is 15.3 Å². The number of hydrogen-bond donors (Lipinski definition) is 3. The number of aryl methyl sites for hydroxylation is 1. The van der Waals surface area contributed by atoms with Crippen molar-refractivity contribution in [3.63, 3.8) is 0 Å². The second-order valence-electron chi connectivity index (χ2n) is 12.5. The Morgan fingerprint density at radius 3 is 2.61 bits per heavy atom. The van der Waals surface area contributed by atoms with Crippen molar-refractivity contribution in [1.29, 1.82) is 0 Å². The average molecular weight is 509 g/mol. The molecule has 36 heavy (non-hydrogen) atoms. The number of rotatable bonds is 6. The lowest BCUT2D eigenvalue weighted by atomic mass is 9.61. The summed E-state index contributed by atoms with van der Waals surface area (Å²) in [7, 11) is 0. The smallest absolute Gasteiger partial charge is 0.0825 e. The fourth-order valence-electron chi connectivity index (χ4n) is 7.72. The molecule has 4 fully saturated rings. The van der Waals surface area contributed by atoms with Gasteiger partial charge in [-0.05, 0) is 110 Å². The summed E-state index contributed by atoms with van der Waals surface area (Å²) in [5.74, 6) is 1.65. The number of thiophene rings is 1. The van der Waals surface area contributed by atoms with Gasteiger partial charge in [0.15, 0.2) is 0 Å². The summed E-state index contributed by atoms with van der Waals surface area (Å²) in [4.78, 5) is 1.34. The first kappa shape index (κ1) is 26.2. The van der Waals surface area contributed by atoms with Crippen molar-refractivity contribution >= 4 is 11.3 Å². The number of fused-ring (bicyclic) bond motifs is 1. The monoisotopic (exact) mass is 508 g/mol. The third-order valence-electron chi connectivity index (χ3n) is 10.1. The second kappa shape index (κ2) is 10.0. The molecule has 0 radical (unpaired) electrons. The van der Waals surface area contributed by atoms with Crippen LogP contribution in [-0.4, -0.2) is 33.6 Å². The molecule has 5 rings (SSSR count). The first-order valence-electron chi connectivity index (χ1n) is 14.0. The van der Waals surface area contributed by atoms with Crippen molar-refractivity contribution in [2.24, 2.45) is 23.2 Å². The number of aliphatic hydroxyl groups is 3. The van der Waals surface area contributed by atoms with Crippen LogP contribution in [0.5, 0.6) is 0 Å². The van der Waals surface area contributed by atoms with E-state index < -0.39 is 18.3 Å². The Morgan fingerprint density at radius 2 is 1.92 bits per heavy atom. The van der Waals surface area contributed by atoms with Crippen LogP contribution in [0.2, 0.25) is 0 Å². The molecule has 1 aromatic rings. The predicted molar refractivity (Wildman–Crippen MR) is 149 cm³/mol. The molecule has 0 bridgehead atoms. The molecule has 196 valence electrons. The number of allylic oxidation sites excluding steroid dienone is 4. The minimum Gasteiger partial charge on any atom is -0.393 e. The minimum atomic E-state index is -0.632. The maximum atomic E-state index is 11.1. The molecule has 4 heteroatoms. The Labute approximate surface area is 221 Å². The Morgan fingerprint density at radius 1 is 1.14 bits per heavy atom. The lowest BCUT2D eigenvalue weighted by Crippen LogP contribution is -2.35. The van der Waals surface area contributed by atoms with E-state index in [1.54, 1.807) is 11.3 Å². The van der Waals surface area contributed by atoms with Crippen LogP contribution in [0.25, 0.3) is 0 Å². The SMILES string of the molecule is C=C1/C(=C\C=C2/CCC[C@]3(C)[C@@H]([C@H](C)/C=C/[C@@H](O)C4(c5cc(C)cs5)CC4)CC[C@@H]23)C[C@@H](O)C[C@@H]1O. The van der Waals surface area contributed by atoms with Crippen molar-refractivity contribution in [3.8, 4) is 0 Å². The van der Waals surface area contributed by atoms with Crippen molar-refractivity contribution < 1.29 is 15.3 Å². The molecule has 0 amide bonds. The molecule has 1 aromatic heterocycles. The van der Waals surface area contributed by atoms with Gasteiger partial charge < -0.3 is 15.3 Å². The molecule has 0 unspecified atom stereocenters. The summed E-state index contributed by atoms with van der Waals surface area (Å²) in [5.41, 5.74) is 4.83. The van der Waals surface area contributed by atoms with Crippen molar-refractivity contribution in [2.45, 2.75) is 102 Å². The molecule has 7 atom stereocenters. The lowest BCUT2D eigenvalue weighted by molar-refractivity contribution is 0.0862. The van der Waals surface area contributed by atoms with E-state index in [-0.39, 0.29) is 10.8 Å². The molecule has 0 saturated heterocycles. The van der Waals surface area contributed by atoms with Gasteiger partial charge in [-0.2, -0.15) is 0 Å². The number of aliphatic hydroxyl groups excluding tert-OH is 3. The van der Waals surface area contributed by atoms with E-state index in [0.29, 0.717) is 30.6 Å². The van der Waals surface area contributed by atoms with Crippen LogP contribution in [0.15, 0.2) is 59.0 Å². The van der Waals surface area contributed by atoms with Gasteiger partial charge in [-0.25, -0.2) is 0 Å².